The Morgan fingerprint density at radius 3 is 0.695 bits per heavy atom. The van der Waals surface area contributed by atoms with Crippen molar-refractivity contribution in [2.45, 2.75) is 210 Å². The van der Waals surface area contributed by atoms with Crippen LogP contribution in [0.15, 0.2) is 200 Å². The number of alkyl halides is 22. The molecule has 0 bridgehead atoms. The molecule has 0 spiro atoms. The Kier molecular flexibility index (Phi) is 51.1. The van der Waals surface area contributed by atoms with Crippen LogP contribution >= 0.6 is 0 Å². The molecule has 0 aromatic heterocycles. The Morgan fingerprint density at radius 1 is 0.250 bits per heavy atom. The van der Waals surface area contributed by atoms with Crippen molar-refractivity contribution in [3.05, 3.63) is 350 Å². The summed E-state index contributed by atoms with van der Waals surface area (Å²) in [6.45, 7) is 32.2. The lowest BCUT2D eigenvalue weighted by Crippen LogP contribution is -2.17. The molecule has 704 valence electrons. The molecule has 0 aliphatic carbocycles. The number of rotatable bonds is 12. The average Bonchev–Trinajstić information content (AvgIpc) is 0.833. The van der Waals surface area contributed by atoms with Gasteiger partial charge in [0.2, 0.25) is 6.86 Å². The Balaban J connectivity index is 0.00000139. The summed E-state index contributed by atoms with van der Waals surface area (Å²) in [5, 5.41) is 0. The number of hydrogen-bond donors (Lipinski definition) is 0. The molecular weight excluding hydrogens is 1720 g/mol. The van der Waals surface area contributed by atoms with E-state index in [2.05, 4.69) is 38.0 Å². The number of methoxy groups -OCH3 is 1. The second-order valence-corrected chi connectivity index (χ2v) is 29.4. The van der Waals surface area contributed by atoms with E-state index in [0.29, 0.717) is 39.1 Å². The van der Waals surface area contributed by atoms with Gasteiger partial charge in [0.1, 0.15) is 41.2 Å². The summed E-state index contributed by atoms with van der Waals surface area (Å²) in [7, 11) is 1.70. The fraction of sp³-hybridized carbons (Fsp3) is 0.333. The minimum atomic E-state index is -4.61. The van der Waals surface area contributed by atoms with Gasteiger partial charge in [-0.15, -0.1) is 26.3 Å². The summed E-state index contributed by atoms with van der Waals surface area (Å²) in [4.78, 5) is 0. The smallest absolute Gasteiger partial charge is 0.496 e. The number of halogens is 23. The highest BCUT2D eigenvalue weighted by Gasteiger charge is 2.35. The molecule has 0 radical (unpaired) electrons. The molecule has 0 saturated heterocycles. The van der Waals surface area contributed by atoms with Gasteiger partial charge in [-0.05, 0) is 301 Å². The lowest BCUT2D eigenvalue weighted by atomic mass is 10.1. The first-order valence-corrected chi connectivity index (χ1v) is 38.9. The summed E-state index contributed by atoms with van der Waals surface area (Å²) in [5.74, 6) is 1.85. The summed E-state index contributed by atoms with van der Waals surface area (Å²) in [6, 6.07) is 56.3. The molecule has 0 N–H and O–H groups in total. The van der Waals surface area contributed by atoms with Gasteiger partial charge in [-0.1, -0.05) is 179 Å². The molecule has 6 nitrogen and oxygen atoms in total. The van der Waals surface area contributed by atoms with E-state index in [1.54, 1.807) is 149 Å². The molecule has 0 heterocycles. The van der Waals surface area contributed by atoms with Crippen molar-refractivity contribution >= 4 is 0 Å². The summed E-state index contributed by atoms with van der Waals surface area (Å²) >= 11 is 0. The molecule has 0 aliphatic heterocycles. The normalized spacial score (nSPS) is 10.7. The molecule has 29 heteroatoms. The number of ether oxygens (including phenoxy) is 6. The zero-order valence-corrected chi connectivity index (χ0v) is 75.4. The highest BCUT2D eigenvalue weighted by molar-refractivity contribution is 5.42. The van der Waals surface area contributed by atoms with E-state index in [1.807, 2.05) is 129 Å². The molecule has 11 rings (SSSR count). The van der Waals surface area contributed by atoms with Gasteiger partial charge in [0, 0.05) is 11.1 Å². The van der Waals surface area contributed by atoms with Crippen molar-refractivity contribution in [2.75, 3.05) is 14.0 Å². The van der Waals surface area contributed by atoms with E-state index < -0.39 is 69.1 Å². The Labute approximate surface area is 735 Å². The van der Waals surface area contributed by atoms with Gasteiger partial charge < -0.3 is 28.4 Å². The zero-order valence-electron chi connectivity index (χ0n) is 75.4. The first-order valence-electron chi connectivity index (χ1n) is 38.9. The maximum atomic E-state index is 12.2. The first-order chi connectivity index (χ1) is 58.7. The van der Waals surface area contributed by atoms with Crippen molar-refractivity contribution in [3.63, 3.8) is 0 Å². The summed E-state index contributed by atoms with van der Waals surface area (Å²) < 4.78 is 290. The monoisotopic (exact) mass is 1830 g/mol. The minimum Gasteiger partial charge on any atom is -0.496 e. The van der Waals surface area contributed by atoms with Crippen LogP contribution in [0.4, 0.5) is 101 Å². The summed E-state index contributed by atoms with van der Waals surface area (Å²) in [6.07, 6.45) is -22.4. The Bertz CT molecular complexity index is 4840. The maximum Gasteiger partial charge on any atom is 0.573 e. The van der Waals surface area contributed by atoms with Crippen LogP contribution in [0.3, 0.4) is 0 Å². The fourth-order valence-corrected chi connectivity index (χ4v) is 10.6. The number of benzene rings is 11. The van der Waals surface area contributed by atoms with Gasteiger partial charge in [-0.25, -0.2) is 26.3 Å². The molecule has 0 fully saturated rings. The quantitative estimate of drug-likeness (QED) is 0.114. The molecule has 0 amide bonds. The van der Waals surface area contributed by atoms with Gasteiger partial charge in [-0.2, -0.15) is 43.9 Å². The van der Waals surface area contributed by atoms with E-state index in [0.717, 1.165) is 90.2 Å². The fourth-order valence-electron chi connectivity index (χ4n) is 10.6. The molecule has 0 unspecified atom stereocenters. The van der Waals surface area contributed by atoms with Crippen molar-refractivity contribution < 1.29 is 130 Å². The van der Waals surface area contributed by atoms with Crippen molar-refractivity contribution in [3.8, 4) is 34.5 Å². The second kappa shape index (κ2) is 56.0. The predicted octanol–water partition coefficient (Wildman–Crippen LogP) is 33.2. The molecule has 0 aliphatic rings. The third kappa shape index (κ3) is 47.4. The van der Waals surface area contributed by atoms with Crippen molar-refractivity contribution in [2.24, 2.45) is 0 Å². The van der Waals surface area contributed by atoms with Crippen LogP contribution in [0.1, 0.15) is 163 Å². The van der Waals surface area contributed by atoms with Gasteiger partial charge in [0.15, 0.2) is 0 Å². The highest BCUT2D eigenvalue weighted by atomic mass is 19.4. The summed E-state index contributed by atoms with van der Waals surface area (Å²) in [5.41, 5.74) is 17.2. The first kappa shape index (κ1) is 117. The Morgan fingerprint density at radius 2 is 0.469 bits per heavy atom. The maximum absolute atomic E-state index is 12.2. The SMILES string of the molecule is COc1cc(C)ccc1C.Cc1ccc(C)c(C(F)(F)F)c1.Cc1ccc(C)c(C(F)(F)F)c1.Cc1ccc(C)c(C(F)F)c1.Cc1ccc(C)c(C(F)F)c1.Cc1ccc(C)c(CF)c1.Cc1ccc(C)c(OC(F)(F)F)c1.Cc1ccc(C)c(OC(F)(F)F)c1.Cc1ccc(C)c(OC(F)F)c1.Cc1ccc(C)c(OC(F)F)c1.Cc1ccc(C)c(OCF)c1.F. The minimum absolute atomic E-state index is 0. The standard InChI is InChI=1S/2C9H9F3O.2C9H9F3.2C9H10F2O.2C9H10F2.C9H11FO.C9H11F.C9H12O.FH/c2*1-6-3-4-7(2)8(5-6)13-9(10,11)12;2*1-6-3-4-7(2)8(5-6)9(10,11)12;2*1-6-3-4-7(2)8(5-6)12-9(10)11;2*1-6-3-4-7(2)8(5-6)9(10)11;1-7-3-4-8(2)9(5-7)11-6-10;1-7-3-4-8(2)9(5-7)6-10;1-7-4-5-8(2)9(6-7)10-3;/h2*3-5H,1-2H3;2*3-5H,1-2H3;2*3-5,9H,1-2H3;2*3-5,9H,1-2H3;3-5H,6H2,1-2H3;3-5H,6H2,1-2H3;4-6H,1-3H3;1H. The average molecular weight is 1830 g/mol. The molecule has 0 atom stereocenters. The van der Waals surface area contributed by atoms with Crippen LogP contribution in [-0.4, -0.2) is 39.9 Å². The van der Waals surface area contributed by atoms with Crippen LogP contribution in [0.5, 0.6) is 34.5 Å². The van der Waals surface area contributed by atoms with Gasteiger partial charge >= 0.3 is 38.3 Å². The van der Waals surface area contributed by atoms with E-state index in [1.165, 1.54) is 61.4 Å². The molecule has 11 aromatic carbocycles. The second-order valence-electron chi connectivity index (χ2n) is 29.4. The van der Waals surface area contributed by atoms with E-state index in [9.17, 15) is 96.6 Å². The zero-order chi connectivity index (χ0) is 97.4. The largest absolute Gasteiger partial charge is 0.573 e. The van der Waals surface area contributed by atoms with E-state index in [-0.39, 0.29) is 56.6 Å². The third-order valence-electron chi connectivity index (χ3n) is 17.8. The van der Waals surface area contributed by atoms with Crippen LogP contribution in [0, 0.1) is 152 Å². The van der Waals surface area contributed by atoms with Crippen LogP contribution in [0.25, 0.3) is 0 Å². The molecular formula is C99H111F23O6. The van der Waals surface area contributed by atoms with Gasteiger partial charge in [-0.3, -0.25) is 4.70 Å². The lowest BCUT2D eigenvalue weighted by Gasteiger charge is -2.11. The van der Waals surface area contributed by atoms with E-state index >= 15 is 0 Å². The topological polar surface area (TPSA) is 55.4 Å². The number of aryl methyl sites for hydroxylation is 22. The third-order valence-corrected chi connectivity index (χ3v) is 17.8. The van der Waals surface area contributed by atoms with Crippen molar-refractivity contribution in [1.29, 1.82) is 0 Å². The van der Waals surface area contributed by atoms with Gasteiger partial charge in [0.25, 0.3) is 12.9 Å². The van der Waals surface area contributed by atoms with Crippen LogP contribution in [-0.2, 0) is 19.0 Å². The molecule has 0 saturated carbocycles. The molecule has 128 heavy (non-hydrogen) atoms. The van der Waals surface area contributed by atoms with Crippen LogP contribution < -0.4 is 28.4 Å². The van der Waals surface area contributed by atoms with E-state index in [4.69, 9.17) is 9.47 Å². The lowest BCUT2D eigenvalue weighted by molar-refractivity contribution is -0.275. The highest BCUT2D eigenvalue weighted by Crippen LogP contribution is 2.35. The van der Waals surface area contributed by atoms with Gasteiger partial charge in [0.05, 0.1) is 18.2 Å². The predicted molar refractivity (Wildman–Crippen MR) is 462 cm³/mol. The van der Waals surface area contributed by atoms with Crippen LogP contribution in [0.2, 0.25) is 0 Å². The van der Waals surface area contributed by atoms with Crippen molar-refractivity contribution in [1.82, 2.24) is 0 Å². The Hall–Kier alpha value is -11.4. The number of hydrogen-bond acceptors (Lipinski definition) is 6. The molecule has 11 aromatic rings.